The average Bonchev–Trinajstić information content (AvgIpc) is 2.55. The zero-order valence-electron chi connectivity index (χ0n) is 12.4. The third-order valence-electron chi connectivity index (χ3n) is 3.78. The van der Waals surface area contributed by atoms with Gasteiger partial charge in [0, 0.05) is 37.1 Å². The molecule has 5 nitrogen and oxygen atoms in total. The number of likely N-dealkylation sites (tertiary alicyclic amines) is 1. The highest BCUT2D eigenvalue weighted by molar-refractivity contribution is 7.99. The summed E-state index contributed by atoms with van der Waals surface area (Å²) in [6.45, 7) is 3.27. The van der Waals surface area contributed by atoms with Crippen LogP contribution in [0.3, 0.4) is 0 Å². The molecule has 1 aromatic rings. The van der Waals surface area contributed by atoms with Crippen LogP contribution in [0.4, 0.5) is 0 Å². The van der Waals surface area contributed by atoms with Crippen LogP contribution in [0.1, 0.15) is 30.1 Å². The quantitative estimate of drug-likeness (QED) is 0.917. The Morgan fingerprint density at radius 2 is 1.95 bits per heavy atom. The molecule has 1 N–H and O–H groups in total. The summed E-state index contributed by atoms with van der Waals surface area (Å²) in [7, 11) is 0. The molecule has 21 heavy (non-hydrogen) atoms. The average molecular weight is 307 g/mol. The Bertz CT molecular complexity index is 487. The Morgan fingerprint density at radius 3 is 2.52 bits per heavy atom. The van der Waals surface area contributed by atoms with Crippen molar-refractivity contribution in [3.63, 3.8) is 0 Å². The molecule has 114 valence electrons. The highest BCUT2D eigenvalue weighted by atomic mass is 32.2. The topological polar surface area (TPSA) is 62.3 Å². The van der Waals surface area contributed by atoms with Crippen molar-refractivity contribution in [1.82, 2.24) is 15.2 Å². The van der Waals surface area contributed by atoms with E-state index >= 15 is 0 Å². The minimum Gasteiger partial charge on any atom is -0.352 e. The van der Waals surface area contributed by atoms with E-state index in [1.54, 1.807) is 36.3 Å². The van der Waals surface area contributed by atoms with E-state index in [4.69, 9.17) is 0 Å². The normalized spacial score (nSPS) is 17.3. The molecular formula is C15H21N3O2S. The molecule has 0 aromatic carbocycles. The number of thioether (sulfide) groups is 1. The molecule has 0 bridgehead atoms. The number of piperidine rings is 1. The molecule has 2 rings (SSSR count). The first kappa shape index (κ1) is 15.8. The SMILES string of the molecule is CSC(C)C(=O)NC1CCN(C(=O)c2ccncc2)CC1. The second-order valence-electron chi connectivity index (χ2n) is 5.19. The zero-order chi connectivity index (χ0) is 15.2. The van der Waals surface area contributed by atoms with E-state index < -0.39 is 0 Å². The van der Waals surface area contributed by atoms with Gasteiger partial charge in [-0.05, 0) is 38.2 Å². The summed E-state index contributed by atoms with van der Waals surface area (Å²) < 4.78 is 0. The van der Waals surface area contributed by atoms with Crippen LogP contribution in [0.5, 0.6) is 0 Å². The van der Waals surface area contributed by atoms with E-state index in [0.29, 0.717) is 18.7 Å². The molecule has 0 radical (unpaired) electrons. The predicted molar refractivity (Wildman–Crippen MR) is 84.3 cm³/mol. The summed E-state index contributed by atoms with van der Waals surface area (Å²) in [5, 5.41) is 3.03. The van der Waals surface area contributed by atoms with Crippen LogP contribution in [0, 0.1) is 0 Å². The molecular weight excluding hydrogens is 286 g/mol. The standard InChI is InChI=1S/C15H21N3O2S/c1-11(21-2)14(19)17-13-5-9-18(10-6-13)15(20)12-3-7-16-8-4-12/h3-4,7-8,11,13H,5-6,9-10H2,1-2H3,(H,17,19). The molecule has 2 amide bonds. The van der Waals surface area contributed by atoms with Crippen molar-refractivity contribution in [3.8, 4) is 0 Å². The first-order chi connectivity index (χ1) is 10.1. The maximum absolute atomic E-state index is 12.3. The van der Waals surface area contributed by atoms with Crippen molar-refractivity contribution in [1.29, 1.82) is 0 Å². The van der Waals surface area contributed by atoms with Crippen molar-refractivity contribution >= 4 is 23.6 Å². The zero-order valence-corrected chi connectivity index (χ0v) is 13.2. The molecule has 1 aliphatic rings. The maximum atomic E-state index is 12.3. The first-order valence-electron chi connectivity index (χ1n) is 7.14. The Labute approximate surface area is 129 Å². The minimum atomic E-state index is -0.0264. The highest BCUT2D eigenvalue weighted by Crippen LogP contribution is 2.15. The second-order valence-corrected chi connectivity index (χ2v) is 6.37. The van der Waals surface area contributed by atoms with E-state index in [0.717, 1.165) is 12.8 Å². The monoisotopic (exact) mass is 307 g/mol. The minimum absolute atomic E-state index is 0.0264. The molecule has 6 heteroatoms. The Morgan fingerprint density at radius 1 is 1.33 bits per heavy atom. The van der Waals surface area contributed by atoms with E-state index in [2.05, 4.69) is 10.3 Å². The van der Waals surface area contributed by atoms with Crippen LogP contribution >= 0.6 is 11.8 Å². The van der Waals surface area contributed by atoms with Crippen LogP contribution in [0.2, 0.25) is 0 Å². The van der Waals surface area contributed by atoms with Crippen LogP contribution in [0.25, 0.3) is 0 Å². The van der Waals surface area contributed by atoms with Gasteiger partial charge in [-0.15, -0.1) is 0 Å². The summed E-state index contributed by atoms with van der Waals surface area (Å²) in [6.07, 6.45) is 6.81. The lowest BCUT2D eigenvalue weighted by atomic mass is 10.0. The molecule has 1 aliphatic heterocycles. The summed E-state index contributed by atoms with van der Waals surface area (Å²) in [5.41, 5.74) is 0.670. The number of hydrogen-bond donors (Lipinski definition) is 1. The number of nitrogens with zero attached hydrogens (tertiary/aromatic N) is 2. The fraction of sp³-hybridized carbons (Fsp3) is 0.533. The summed E-state index contributed by atoms with van der Waals surface area (Å²) in [5.74, 6) is 0.126. The Kier molecular flexibility index (Phi) is 5.61. The smallest absolute Gasteiger partial charge is 0.253 e. The van der Waals surface area contributed by atoms with Gasteiger partial charge in [-0.1, -0.05) is 0 Å². The Hall–Kier alpha value is -1.56. The van der Waals surface area contributed by atoms with Gasteiger partial charge in [0.15, 0.2) is 0 Å². The summed E-state index contributed by atoms with van der Waals surface area (Å²) >= 11 is 1.54. The van der Waals surface area contributed by atoms with Gasteiger partial charge in [0.1, 0.15) is 0 Å². The van der Waals surface area contributed by atoms with Crippen molar-refractivity contribution in [3.05, 3.63) is 30.1 Å². The number of hydrogen-bond acceptors (Lipinski definition) is 4. The van der Waals surface area contributed by atoms with E-state index in [1.165, 1.54) is 0 Å². The van der Waals surface area contributed by atoms with Gasteiger partial charge < -0.3 is 10.2 Å². The van der Waals surface area contributed by atoms with Gasteiger partial charge in [0.25, 0.3) is 5.91 Å². The third-order valence-corrected chi connectivity index (χ3v) is 4.70. The number of carbonyl (C=O) groups is 2. The first-order valence-corrected chi connectivity index (χ1v) is 8.43. The lowest BCUT2D eigenvalue weighted by Gasteiger charge is -2.32. The van der Waals surface area contributed by atoms with Gasteiger partial charge in [-0.25, -0.2) is 0 Å². The van der Waals surface area contributed by atoms with Crippen molar-refractivity contribution in [2.45, 2.75) is 31.1 Å². The van der Waals surface area contributed by atoms with Crippen molar-refractivity contribution in [2.24, 2.45) is 0 Å². The van der Waals surface area contributed by atoms with E-state index in [9.17, 15) is 9.59 Å². The lowest BCUT2D eigenvalue weighted by Crippen LogP contribution is -2.48. The molecule has 0 spiro atoms. The van der Waals surface area contributed by atoms with Crippen LogP contribution in [-0.2, 0) is 4.79 Å². The van der Waals surface area contributed by atoms with E-state index in [1.807, 2.05) is 18.1 Å². The van der Waals surface area contributed by atoms with Gasteiger partial charge >= 0.3 is 0 Å². The van der Waals surface area contributed by atoms with E-state index in [-0.39, 0.29) is 23.1 Å². The van der Waals surface area contributed by atoms with Crippen molar-refractivity contribution < 1.29 is 9.59 Å². The number of nitrogens with one attached hydrogen (secondary N) is 1. The number of rotatable bonds is 4. The number of pyridine rings is 1. The Balaban J connectivity index is 1.83. The molecule has 1 atom stereocenters. The largest absolute Gasteiger partial charge is 0.352 e. The predicted octanol–water partition coefficient (Wildman–Crippen LogP) is 1.55. The molecule has 0 saturated carbocycles. The van der Waals surface area contributed by atoms with Gasteiger partial charge in [0.2, 0.25) is 5.91 Å². The van der Waals surface area contributed by atoms with Crippen LogP contribution < -0.4 is 5.32 Å². The maximum Gasteiger partial charge on any atom is 0.253 e. The van der Waals surface area contributed by atoms with Crippen LogP contribution in [-0.4, -0.2) is 52.3 Å². The third kappa shape index (κ3) is 4.20. The molecule has 0 aliphatic carbocycles. The molecule has 2 heterocycles. The molecule has 1 fully saturated rings. The molecule has 1 aromatic heterocycles. The van der Waals surface area contributed by atoms with Crippen molar-refractivity contribution in [2.75, 3.05) is 19.3 Å². The van der Waals surface area contributed by atoms with Crippen LogP contribution in [0.15, 0.2) is 24.5 Å². The second kappa shape index (κ2) is 7.45. The highest BCUT2D eigenvalue weighted by Gasteiger charge is 2.25. The molecule has 1 saturated heterocycles. The summed E-state index contributed by atoms with van der Waals surface area (Å²) in [6, 6.07) is 3.64. The lowest BCUT2D eigenvalue weighted by molar-refractivity contribution is -0.121. The fourth-order valence-electron chi connectivity index (χ4n) is 2.33. The fourth-order valence-corrected chi connectivity index (χ4v) is 2.61. The number of amides is 2. The van der Waals surface area contributed by atoms with Gasteiger partial charge in [-0.2, -0.15) is 11.8 Å². The number of carbonyl (C=O) groups excluding carboxylic acids is 2. The molecule has 1 unspecified atom stereocenters. The summed E-state index contributed by atoms with van der Waals surface area (Å²) in [4.78, 5) is 29.9. The van der Waals surface area contributed by atoms with Gasteiger partial charge in [-0.3, -0.25) is 14.6 Å². The van der Waals surface area contributed by atoms with Gasteiger partial charge in [0.05, 0.1) is 5.25 Å². The number of aromatic nitrogens is 1.